The quantitative estimate of drug-likeness (QED) is 0.217. The van der Waals surface area contributed by atoms with E-state index in [0.29, 0.717) is 0 Å². The molecule has 0 aliphatic carbocycles. The number of carbonyl (C=O) groups excluding carboxylic acids is 1. The molecule has 11 nitrogen and oxygen atoms in total. The number of non-ortho nitro benzene ring substituents is 1. The predicted octanol–water partition coefficient (Wildman–Crippen LogP) is 4.04. The van der Waals surface area contributed by atoms with Crippen molar-refractivity contribution in [1.29, 1.82) is 0 Å². The van der Waals surface area contributed by atoms with E-state index in [-0.39, 0.29) is 42.6 Å². The normalized spacial score (nSPS) is 13.1. The molecule has 0 aliphatic rings. The number of ether oxygens (including phenoxy) is 1. The van der Waals surface area contributed by atoms with E-state index in [1.807, 2.05) is 74.5 Å². The summed E-state index contributed by atoms with van der Waals surface area (Å²) in [7, 11) is -4.09. The molecule has 214 valence electrons. The van der Waals surface area contributed by atoms with Gasteiger partial charge < -0.3 is 10.1 Å². The largest absolute Gasteiger partial charge is 0.445 e. The molecule has 3 rings (SSSR count). The summed E-state index contributed by atoms with van der Waals surface area (Å²) in [5, 5.41) is 13.8. The molecule has 0 aliphatic heterocycles. The van der Waals surface area contributed by atoms with Crippen LogP contribution in [0.25, 0.3) is 0 Å². The number of carbonyl (C=O) groups is 1. The fourth-order valence-corrected chi connectivity index (χ4v) is 5.71. The molecule has 3 aromatic carbocycles. The van der Waals surface area contributed by atoms with E-state index in [9.17, 15) is 23.3 Å². The second-order valence-corrected chi connectivity index (χ2v) is 11.6. The van der Waals surface area contributed by atoms with Gasteiger partial charge in [0.15, 0.2) is 0 Å². The lowest BCUT2D eigenvalue weighted by molar-refractivity contribution is -0.384. The molecule has 12 heteroatoms. The zero-order chi connectivity index (χ0) is 29.1. The van der Waals surface area contributed by atoms with E-state index in [2.05, 4.69) is 5.32 Å². The number of benzene rings is 3. The molecular weight excluding hydrogens is 536 g/mol. The Labute approximate surface area is 234 Å². The van der Waals surface area contributed by atoms with E-state index in [4.69, 9.17) is 15.5 Å². The van der Waals surface area contributed by atoms with Crippen LogP contribution in [0.3, 0.4) is 0 Å². The highest BCUT2D eigenvalue weighted by Crippen LogP contribution is 2.22. The van der Waals surface area contributed by atoms with Gasteiger partial charge in [-0.05, 0) is 35.6 Å². The van der Waals surface area contributed by atoms with Gasteiger partial charge in [0.25, 0.3) is 5.69 Å². The Morgan fingerprint density at radius 3 is 2.05 bits per heavy atom. The molecule has 0 aromatic heterocycles. The van der Waals surface area contributed by atoms with Crippen molar-refractivity contribution in [2.75, 3.05) is 13.1 Å². The van der Waals surface area contributed by atoms with Gasteiger partial charge in [-0.2, -0.15) is 4.31 Å². The first-order chi connectivity index (χ1) is 19.1. The summed E-state index contributed by atoms with van der Waals surface area (Å²) in [5.74, 6) is 5.63. The highest BCUT2D eigenvalue weighted by atomic mass is 32.2. The fourth-order valence-electron chi connectivity index (χ4n) is 4.09. The van der Waals surface area contributed by atoms with E-state index in [0.717, 1.165) is 23.3 Å². The number of sulfonamides is 1. The maximum atomic E-state index is 13.6. The van der Waals surface area contributed by atoms with Crippen molar-refractivity contribution in [1.82, 2.24) is 9.62 Å². The first-order valence-corrected chi connectivity index (χ1v) is 14.2. The molecule has 40 heavy (non-hydrogen) atoms. The average Bonchev–Trinajstić information content (AvgIpc) is 2.94. The van der Waals surface area contributed by atoms with E-state index < -0.39 is 33.2 Å². The zero-order valence-electron chi connectivity index (χ0n) is 22.4. The molecule has 3 N–H and O–H groups in total. The molecule has 0 saturated heterocycles. The Kier molecular flexibility index (Phi) is 11.1. The highest BCUT2D eigenvalue weighted by molar-refractivity contribution is 7.89. The molecule has 0 bridgehead atoms. The molecule has 3 aromatic rings. The number of rotatable bonds is 14. The number of nitro benzene ring substituents is 1. The monoisotopic (exact) mass is 570 g/mol. The number of nitro groups is 1. The predicted molar refractivity (Wildman–Crippen MR) is 149 cm³/mol. The van der Waals surface area contributed by atoms with Crippen LogP contribution in [0.15, 0.2) is 89.8 Å². The standard InChI is InChI=1S/C28H34N4O7S/c1-21(2)18-31(40(36,37)25-15-13-24(14-16-25)32(34)35)19-27(39-29)26(17-22-9-5-3-6-10-22)30-28(33)38-20-23-11-7-4-8-12-23/h3-16,21,26-27H,17-20,29H2,1-2H3,(H,30,33)/t26-,27+/m0/s1. The highest BCUT2D eigenvalue weighted by Gasteiger charge is 2.33. The van der Waals surface area contributed by atoms with Gasteiger partial charge in [0.05, 0.1) is 15.9 Å². The van der Waals surface area contributed by atoms with Crippen molar-refractivity contribution in [3.63, 3.8) is 0 Å². The number of amides is 1. The SMILES string of the molecule is CC(C)CN(C[C@@H](ON)[C@H](Cc1ccccc1)NC(=O)OCc1ccccc1)S(=O)(=O)c1ccc([N+](=O)[O-])cc1. The van der Waals surface area contributed by atoms with Crippen molar-refractivity contribution < 1.29 is 27.7 Å². The fraction of sp³-hybridized carbons (Fsp3) is 0.321. The molecule has 0 spiro atoms. The van der Waals surface area contributed by atoms with Gasteiger partial charge in [-0.3, -0.25) is 15.0 Å². The van der Waals surface area contributed by atoms with Gasteiger partial charge in [0.2, 0.25) is 10.0 Å². The van der Waals surface area contributed by atoms with Gasteiger partial charge in [-0.15, -0.1) is 0 Å². The molecule has 0 radical (unpaired) electrons. The maximum absolute atomic E-state index is 13.6. The third-order valence-electron chi connectivity index (χ3n) is 6.08. The van der Waals surface area contributed by atoms with Crippen LogP contribution in [0, 0.1) is 16.0 Å². The van der Waals surface area contributed by atoms with Gasteiger partial charge in [0.1, 0.15) is 12.7 Å². The first-order valence-electron chi connectivity index (χ1n) is 12.7. The Balaban J connectivity index is 1.85. The Hall–Kier alpha value is -3.84. The molecule has 0 fully saturated rings. The first kappa shape index (κ1) is 30.7. The minimum absolute atomic E-state index is 0.0485. The third kappa shape index (κ3) is 8.85. The van der Waals surface area contributed by atoms with Crippen LogP contribution in [0.4, 0.5) is 10.5 Å². The average molecular weight is 571 g/mol. The molecule has 0 saturated carbocycles. The van der Waals surface area contributed by atoms with Gasteiger partial charge in [-0.1, -0.05) is 74.5 Å². The zero-order valence-corrected chi connectivity index (χ0v) is 23.2. The van der Waals surface area contributed by atoms with Crippen molar-refractivity contribution in [2.45, 2.75) is 43.9 Å². The number of hydrogen-bond acceptors (Lipinski definition) is 8. The van der Waals surface area contributed by atoms with Crippen molar-refractivity contribution in [3.8, 4) is 0 Å². The third-order valence-corrected chi connectivity index (χ3v) is 7.92. The lowest BCUT2D eigenvalue weighted by Crippen LogP contribution is -2.53. The lowest BCUT2D eigenvalue weighted by atomic mass is 10.0. The minimum atomic E-state index is -4.09. The second kappa shape index (κ2) is 14.5. The Bertz CT molecular complexity index is 1340. The number of nitrogens with one attached hydrogen (secondary N) is 1. The lowest BCUT2D eigenvalue weighted by Gasteiger charge is -2.32. The van der Waals surface area contributed by atoms with E-state index >= 15 is 0 Å². The number of hydrogen-bond donors (Lipinski definition) is 2. The van der Waals surface area contributed by atoms with E-state index in [1.54, 1.807) is 0 Å². The molecule has 0 heterocycles. The van der Waals surface area contributed by atoms with Crippen molar-refractivity contribution in [2.24, 2.45) is 11.8 Å². The molecule has 0 unspecified atom stereocenters. The van der Waals surface area contributed by atoms with Gasteiger partial charge >= 0.3 is 6.09 Å². The Morgan fingerprint density at radius 1 is 0.950 bits per heavy atom. The molecule has 1 amide bonds. The summed E-state index contributed by atoms with van der Waals surface area (Å²) in [4.78, 5) is 28.4. The van der Waals surface area contributed by atoms with Crippen molar-refractivity contribution in [3.05, 3.63) is 106 Å². The summed E-state index contributed by atoms with van der Waals surface area (Å²) in [5.41, 5.74) is 1.45. The summed E-state index contributed by atoms with van der Waals surface area (Å²) >= 11 is 0. The molecule has 2 atom stereocenters. The second-order valence-electron chi connectivity index (χ2n) is 9.64. The Morgan fingerprint density at radius 2 is 1.52 bits per heavy atom. The summed E-state index contributed by atoms with van der Waals surface area (Å²) in [6.45, 7) is 3.70. The number of nitrogens with two attached hydrogens (primary N) is 1. The van der Waals surface area contributed by atoms with Crippen LogP contribution in [-0.2, 0) is 32.6 Å². The van der Waals surface area contributed by atoms with Crippen LogP contribution in [-0.4, -0.2) is 49.0 Å². The van der Waals surface area contributed by atoms with Crippen molar-refractivity contribution >= 4 is 21.8 Å². The van der Waals surface area contributed by atoms with Crippen LogP contribution >= 0.6 is 0 Å². The van der Waals surface area contributed by atoms with E-state index in [1.165, 1.54) is 16.4 Å². The molecular formula is C28H34N4O7S. The van der Waals surface area contributed by atoms with Crippen LogP contribution in [0.2, 0.25) is 0 Å². The minimum Gasteiger partial charge on any atom is -0.445 e. The summed E-state index contributed by atoms with van der Waals surface area (Å²) in [6.07, 6.45) is -1.38. The van der Waals surface area contributed by atoms with Crippen LogP contribution in [0.1, 0.15) is 25.0 Å². The van der Waals surface area contributed by atoms with Crippen LogP contribution in [0.5, 0.6) is 0 Å². The van der Waals surface area contributed by atoms with Gasteiger partial charge in [0, 0.05) is 25.2 Å². The smallest absolute Gasteiger partial charge is 0.407 e. The van der Waals surface area contributed by atoms with Gasteiger partial charge in [-0.25, -0.2) is 19.1 Å². The summed E-state index contributed by atoms with van der Waals surface area (Å²) < 4.78 is 33.8. The maximum Gasteiger partial charge on any atom is 0.407 e. The number of nitrogens with zero attached hydrogens (tertiary/aromatic N) is 2. The van der Waals surface area contributed by atoms with Crippen LogP contribution < -0.4 is 11.2 Å². The number of alkyl carbamates (subject to hydrolysis) is 1. The summed E-state index contributed by atoms with van der Waals surface area (Å²) in [6, 6.07) is 22.4. The topological polar surface area (TPSA) is 154 Å².